The minimum Gasteiger partial charge on any atom is -0.477 e. The van der Waals surface area contributed by atoms with Gasteiger partial charge in [-0.25, -0.2) is 14.2 Å². The fraction of sp³-hybridized carbons (Fsp3) is 0.125. The van der Waals surface area contributed by atoms with Crippen LogP contribution < -0.4 is 5.56 Å². The van der Waals surface area contributed by atoms with Crippen molar-refractivity contribution in [3.8, 4) is 0 Å². The van der Waals surface area contributed by atoms with Crippen molar-refractivity contribution in [1.29, 1.82) is 0 Å². The summed E-state index contributed by atoms with van der Waals surface area (Å²) < 4.78 is 1.23. The van der Waals surface area contributed by atoms with Crippen LogP contribution in [0.2, 0.25) is 0 Å². The Labute approximate surface area is 77.8 Å². The zero-order valence-corrected chi connectivity index (χ0v) is 7.31. The topological polar surface area (TPSA) is 87.5 Å². The van der Waals surface area contributed by atoms with Gasteiger partial charge in [-0.1, -0.05) is 0 Å². The summed E-state index contributed by atoms with van der Waals surface area (Å²) in [4.78, 5) is 28.8. The number of fused-ring (bicyclic) bond motifs is 1. The van der Waals surface area contributed by atoms with E-state index in [0.717, 1.165) is 6.20 Å². The van der Waals surface area contributed by atoms with Gasteiger partial charge in [0.25, 0.3) is 5.56 Å². The van der Waals surface area contributed by atoms with E-state index >= 15 is 0 Å². The molecule has 0 aliphatic rings. The van der Waals surface area contributed by atoms with Gasteiger partial charge >= 0.3 is 5.97 Å². The maximum Gasteiger partial charge on any atom is 0.342 e. The van der Waals surface area contributed by atoms with Crippen molar-refractivity contribution >= 4 is 11.7 Å². The first kappa shape index (κ1) is 8.49. The molecule has 72 valence electrons. The molecule has 0 radical (unpaired) electrons. The number of carboxylic acid groups (broad SMARTS) is 1. The van der Waals surface area contributed by atoms with E-state index in [0.29, 0.717) is 11.5 Å². The van der Waals surface area contributed by atoms with Gasteiger partial charge in [-0.05, 0) is 6.92 Å². The highest BCUT2D eigenvalue weighted by atomic mass is 16.4. The third-order valence-electron chi connectivity index (χ3n) is 1.95. The SMILES string of the molecule is Cc1c[nH]c2ncc(C(=O)O)c(=O)n12. The average molecular weight is 193 g/mol. The van der Waals surface area contributed by atoms with E-state index in [9.17, 15) is 9.59 Å². The minimum absolute atomic E-state index is 0.329. The fourth-order valence-electron chi connectivity index (χ4n) is 1.26. The van der Waals surface area contributed by atoms with E-state index in [2.05, 4.69) is 9.97 Å². The molecule has 0 unspecified atom stereocenters. The van der Waals surface area contributed by atoms with Crippen LogP contribution in [0.15, 0.2) is 17.2 Å². The van der Waals surface area contributed by atoms with E-state index in [1.807, 2.05) is 0 Å². The molecule has 6 heteroatoms. The Bertz CT molecular complexity index is 567. The summed E-state index contributed by atoms with van der Waals surface area (Å²) in [5.41, 5.74) is -0.271. The second-order valence-corrected chi connectivity index (χ2v) is 2.87. The maximum absolute atomic E-state index is 11.6. The smallest absolute Gasteiger partial charge is 0.342 e. The predicted octanol–water partition coefficient (Wildman–Crippen LogP) is 0.0292. The second-order valence-electron chi connectivity index (χ2n) is 2.87. The Kier molecular flexibility index (Phi) is 1.63. The normalized spacial score (nSPS) is 10.6. The number of aromatic nitrogens is 3. The highest BCUT2D eigenvalue weighted by Gasteiger charge is 2.12. The van der Waals surface area contributed by atoms with Gasteiger partial charge in [0.15, 0.2) is 0 Å². The van der Waals surface area contributed by atoms with Crippen molar-refractivity contribution in [2.75, 3.05) is 0 Å². The van der Waals surface area contributed by atoms with Gasteiger partial charge < -0.3 is 10.1 Å². The zero-order chi connectivity index (χ0) is 10.3. The van der Waals surface area contributed by atoms with Crippen LogP contribution in [0.4, 0.5) is 0 Å². The Morgan fingerprint density at radius 3 is 3.00 bits per heavy atom. The summed E-state index contributed by atoms with van der Waals surface area (Å²) in [5.74, 6) is -0.921. The molecule has 0 fully saturated rings. The summed E-state index contributed by atoms with van der Waals surface area (Å²) in [6.45, 7) is 1.69. The molecule has 2 aromatic heterocycles. The lowest BCUT2D eigenvalue weighted by Gasteiger charge is -1.96. The first-order valence-corrected chi connectivity index (χ1v) is 3.90. The summed E-state index contributed by atoms with van der Waals surface area (Å²) in [5, 5.41) is 8.69. The molecular formula is C8H7N3O3. The van der Waals surface area contributed by atoms with Crippen LogP contribution in [0.1, 0.15) is 16.1 Å². The van der Waals surface area contributed by atoms with Crippen molar-refractivity contribution in [2.45, 2.75) is 6.92 Å². The van der Waals surface area contributed by atoms with Crippen molar-refractivity contribution < 1.29 is 9.90 Å². The van der Waals surface area contributed by atoms with Gasteiger partial charge in [0.1, 0.15) is 5.56 Å². The number of rotatable bonds is 1. The maximum atomic E-state index is 11.6. The van der Waals surface area contributed by atoms with Crippen molar-refractivity contribution in [2.24, 2.45) is 0 Å². The van der Waals surface area contributed by atoms with Crippen LogP contribution >= 0.6 is 0 Å². The van der Waals surface area contributed by atoms with E-state index < -0.39 is 11.5 Å². The Hall–Kier alpha value is -2.11. The number of nitrogens with zero attached hydrogens (tertiary/aromatic N) is 2. The van der Waals surface area contributed by atoms with Crippen molar-refractivity contribution in [3.05, 3.63) is 34.0 Å². The van der Waals surface area contributed by atoms with E-state index in [4.69, 9.17) is 5.11 Å². The molecule has 0 aliphatic carbocycles. The lowest BCUT2D eigenvalue weighted by molar-refractivity contribution is 0.0694. The number of aromatic carboxylic acids is 1. The zero-order valence-electron chi connectivity index (χ0n) is 7.31. The minimum atomic E-state index is -1.27. The third-order valence-corrected chi connectivity index (χ3v) is 1.95. The molecule has 0 bridgehead atoms. The molecular weight excluding hydrogens is 186 g/mol. The van der Waals surface area contributed by atoms with Crippen molar-refractivity contribution in [3.63, 3.8) is 0 Å². The van der Waals surface area contributed by atoms with E-state index in [1.54, 1.807) is 13.1 Å². The van der Waals surface area contributed by atoms with E-state index in [-0.39, 0.29) is 5.56 Å². The molecule has 0 spiro atoms. The monoisotopic (exact) mass is 193 g/mol. The summed E-state index contributed by atoms with van der Waals surface area (Å²) >= 11 is 0. The summed E-state index contributed by atoms with van der Waals surface area (Å²) in [6.07, 6.45) is 2.64. The van der Waals surface area contributed by atoms with Crippen LogP contribution in [0.3, 0.4) is 0 Å². The number of aryl methyl sites for hydroxylation is 1. The van der Waals surface area contributed by atoms with Crippen LogP contribution in [0.25, 0.3) is 5.78 Å². The van der Waals surface area contributed by atoms with Gasteiger partial charge in [-0.2, -0.15) is 0 Å². The first-order chi connectivity index (χ1) is 6.61. The molecule has 2 N–H and O–H groups in total. The molecule has 0 atom stereocenters. The van der Waals surface area contributed by atoms with Gasteiger partial charge in [-0.15, -0.1) is 0 Å². The number of hydrogen-bond donors (Lipinski definition) is 2. The first-order valence-electron chi connectivity index (χ1n) is 3.90. The standard InChI is InChI=1S/C8H7N3O3/c1-4-2-9-8-10-3-5(7(13)14)6(12)11(4)8/h2-3H,1H3,(H,9,10)(H,13,14). The molecule has 0 saturated carbocycles. The highest BCUT2D eigenvalue weighted by molar-refractivity contribution is 5.86. The number of hydrogen-bond acceptors (Lipinski definition) is 3. The number of aromatic amines is 1. The molecule has 14 heavy (non-hydrogen) atoms. The quantitative estimate of drug-likeness (QED) is 0.668. The van der Waals surface area contributed by atoms with Gasteiger partial charge in [0.2, 0.25) is 5.78 Å². The largest absolute Gasteiger partial charge is 0.477 e. The Morgan fingerprint density at radius 2 is 2.36 bits per heavy atom. The molecule has 2 aromatic rings. The number of H-pyrrole nitrogens is 1. The molecule has 0 saturated heterocycles. The predicted molar refractivity (Wildman–Crippen MR) is 47.5 cm³/mol. The summed E-state index contributed by atoms with van der Waals surface area (Å²) in [6, 6.07) is 0. The molecule has 2 heterocycles. The second kappa shape index (κ2) is 2.69. The Balaban J connectivity index is 2.93. The lowest BCUT2D eigenvalue weighted by Crippen LogP contribution is -2.22. The fourth-order valence-corrected chi connectivity index (χ4v) is 1.26. The highest BCUT2D eigenvalue weighted by Crippen LogP contribution is 1.99. The lowest BCUT2D eigenvalue weighted by atomic mass is 10.3. The Morgan fingerprint density at radius 1 is 1.64 bits per heavy atom. The van der Waals surface area contributed by atoms with Gasteiger partial charge in [0.05, 0.1) is 6.20 Å². The third kappa shape index (κ3) is 1.00. The van der Waals surface area contributed by atoms with Gasteiger partial charge in [0, 0.05) is 11.9 Å². The molecule has 6 nitrogen and oxygen atoms in total. The molecule has 0 amide bonds. The van der Waals surface area contributed by atoms with E-state index in [1.165, 1.54) is 4.40 Å². The number of carbonyl (C=O) groups is 1. The number of carboxylic acids is 1. The van der Waals surface area contributed by atoms with Crippen molar-refractivity contribution in [1.82, 2.24) is 14.4 Å². The molecule has 2 rings (SSSR count). The number of imidazole rings is 1. The molecule has 0 aliphatic heterocycles. The van der Waals surface area contributed by atoms with Crippen LogP contribution in [-0.4, -0.2) is 25.4 Å². The van der Waals surface area contributed by atoms with Crippen LogP contribution in [-0.2, 0) is 0 Å². The van der Waals surface area contributed by atoms with Gasteiger partial charge in [-0.3, -0.25) is 4.79 Å². The average Bonchev–Trinajstić information content (AvgIpc) is 2.48. The molecule has 0 aromatic carbocycles. The summed E-state index contributed by atoms with van der Waals surface area (Å²) in [7, 11) is 0. The number of nitrogens with one attached hydrogen (secondary N) is 1. The van der Waals surface area contributed by atoms with Crippen LogP contribution in [0, 0.1) is 6.92 Å². The van der Waals surface area contributed by atoms with Crippen LogP contribution in [0.5, 0.6) is 0 Å².